The van der Waals surface area contributed by atoms with E-state index in [-0.39, 0.29) is 37.5 Å². The maximum absolute atomic E-state index is 12.8. The minimum atomic E-state index is -0.821. The molecule has 0 aromatic rings. The number of ether oxygens (including phenoxy) is 3. The monoisotopic (exact) mass is 977 g/mol. The van der Waals surface area contributed by atoms with Gasteiger partial charge in [-0.15, -0.1) is 0 Å². The van der Waals surface area contributed by atoms with E-state index in [2.05, 4.69) is 179 Å². The van der Waals surface area contributed by atoms with E-state index >= 15 is 0 Å². The van der Waals surface area contributed by atoms with Crippen molar-refractivity contribution < 1.29 is 28.6 Å². The molecule has 0 aliphatic heterocycles. The van der Waals surface area contributed by atoms with Crippen molar-refractivity contribution in [2.45, 2.75) is 219 Å². The van der Waals surface area contributed by atoms with Gasteiger partial charge in [0, 0.05) is 19.3 Å². The number of unbranched alkanes of at least 4 members (excludes halogenated alkanes) is 11. The molecule has 0 aliphatic carbocycles. The first kappa shape index (κ1) is 66.0. The smallest absolute Gasteiger partial charge is 0.306 e. The third-order valence-corrected chi connectivity index (χ3v) is 11.0. The summed E-state index contributed by atoms with van der Waals surface area (Å²) in [7, 11) is 0. The Morgan fingerprint density at radius 1 is 0.282 bits per heavy atom. The largest absolute Gasteiger partial charge is 0.462 e. The van der Waals surface area contributed by atoms with Gasteiger partial charge in [-0.05, 0) is 141 Å². The zero-order chi connectivity index (χ0) is 51.4. The lowest BCUT2D eigenvalue weighted by atomic mass is 10.1. The van der Waals surface area contributed by atoms with E-state index in [1.165, 1.54) is 0 Å². The zero-order valence-corrected chi connectivity index (χ0v) is 45.2. The first-order valence-corrected chi connectivity index (χ1v) is 28.0. The van der Waals surface area contributed by atoms with Gasteiger partial charge in [0.25, 0.3) is 0 Å². The normalized spacial score (nSPS) is 13.3. The van der Waals surface area contributed by atoms with E-state index < -0.39 is 6.10 Å². The van der Waals surface area contributed by atoms with E-state index in [1.807, 2.05) is 0 Å². The van der Waals surface area contributed by atoms with Crippen molar-refractivity contribution in [3.63, 3.8) is 0 Å². The predicted molar refractivity (Wildman–Crippen MR) is 306 cm³/mol. The standard InChI is InChI=1S/C65H100O6/c1-4-7-10-13-16-19-22-25-27-28-29-30-31-32-33-34-35-36-38-40-43-46-49-52-55-58-64(67)70-61-62(60-69-63(66)57-54-51-48-45-42-39-24-21-18-15-12-9-6-3)71-65(68)59-56-53-50-47-44-41-37-26-23-20-17-14-11-8-5-2/h7-12,16-21,25-27,29-30,32-33,35-37,39-40,42-43,62H,4-6,13-15,22-24,28,31,34,38,41,44-61H2,1-3H3/b10-7-,11-8-,12-9-,19-16-,20-17-,21-18-,27-25-,30-29-,33-32-,36-35-,37-26-,42-39-,43-40-. The van der Waals surface area contributed by atoms with Crippen LogP contribution in [0.15, 0.2) is 158 Å². The lowest BCUT2D eigenvalue weighted by molar-refractivity contribution is -0.167. The average Bonchev–Trinajstić information content (AvgIpc) is 3.37. The Balaban J connectivity index is 4.49. The van der Waals surface area contributed by atoms with E-state index in [4.69, 9.17) is 14.2 Å². The number of esters is 3. The van der Waals surface area contributed by atoms with E-state index in [9.17, 15) is 14.4 Å². The Kier molecular flexibility index (Phi) is 53.6. The lowest BCUT2D eigenvalue weighted by Crippen LogP contribution is -2.30. The summed E-state index contributed by atoms with van der Waals surface area (Å²) in [6.45, 7) is 6.21. The fraction of sp³-hybridized carbons (Fsp3) is 0.554. The minimum absolute atomic E-state index is 0.119. The van der Waals surface area contributed by atoms with Gasteiger partial charge in [0.05, 0.1) is 0 Å². The molecule has 1 atom stereocenters. The molecule has 0 aliphatic rings. The van der Waals surface area contributed by atoms with Crippen LogP contribution in [0.4, 0.5) is 0 Å². The van der Waals surface area contributed by atoms with Crippen LogP contribution in [-0.4, -0.2) is 37.2 Å². The Hall–Kier alpha value is -4.97. The van der Waals surface area contributed by atoms with Gasteiger partial charge >= 0.3 is 17.9 Å². The van der Waals surface area contributed by atoms with Crippen LogP contribution in [0.3, 0.4) is 0 Å². The second-order valence-corrected chi connectivity index (χ2v) is 17.7. The molecule has 396 valence electrons. The molecule has 0 aromatic heterocycles. The molecule has 0 spiro atoms. The highest BCUT2D eigenvalue weighted by molar-refractivity contribution is 5.71. The van der Waals surface area contributed by atoms with Gasteiger partial charge in [0.1, 0.15) is 13.2 Å². The molecule has 6 nitrogen and oxygen atoms in total. The molecular formula is C65H100O6. The van der Waals surface area contributed by atoms with Crippen molar-refractivity contribution in [1.82, 2.24) is 0 Å². The zero-order valence-electron chi connectivity index (χ0n) is 45.2. The Morgan fingerprint density at radius 2 is 0.507 bits per heavy atom. The van der Waals surface area contributed by atoms with E-state index in [0.29, 0.717) is 12.8 Å². The Labute approximate surface area is 435 Å². The van der Waals surface area contributed by atoms with Crippen LogP contribution in [0.5, 0.6) is 0 Å². The molecule has 0 saturated heterocycles. The third kappa shape index (κ3) is 55.8. The number of carbonyl (C=O) groups is 3. The average molecular weight is 978 g/mol. The fourth-order valence-corrected chi connectivity index (χ4v) is 6.92. The lowest BCUT2D eigenvalue weighted by Gasteiger charge is -2.18. The highest BCUT2D eigenvalue weighted by atomic mass is 16.6. The summed E-state index contributed by atoms with van der Waals surface area (Å²) in [5.41, 5.74) is 0. The Bertz CT molecular complexity index is 1640. The topological polar surface area (TPSA) is 78.9 Å². The molecule has 0 N–H and O–H groups in total. The Morgan fingerprint density at radius 3 is 0.803 bits per heavy atom. The maximum Gasteiger partial charge on any atom is 0.306 e. The second-order valence-electron chi connectivity index (χ2n) is 17.7. The molecule has 1 unspecified atom stereocenters. The number of rotatable bonds is 48. The van der Waals surface area contributed by atoms with Crippen LogP contribution in [0.1, 0.15) is 213 Å². The van der Waals surface area contributed by atoms with Crippen LogP contribution in [0.25, 0.3) is 0 Å². The molecule has 6 heteroatoms. The van der Waals surface area contributed by atoms with Gasteiger partial charge in [-0.1, -0.05) is 211 Å². The summed E-state index contributed by atoms with van der Waals surface area (Å²) in [5, 5.41) is 0. The summed E-state index contributed by atoms with van der Waals surface area (Å²) in [4.78, 5) is 38.1. The SMILES string of the molecule is CC/C=C\C/C=C\C/C=C\C/C=C\C/C=C\C/C=C\C/C=C\CCCCCC(=O)OCC(COC(=O)CCCCC/C=C\C/C=C\C/C=C\CC)OC(=O)CCCCCCC/C=C\C/C=C\C/C=C\CC. The molecular weight excluding hydrogens is 877 g/mol. The number of allylic oxidation sites excluding steroid dienone is 26. The summed E-state index contributed by atoms with van der Waals surface area (Å²) in [6, 6.07) is 0. The molecule has 0 rings (SSSR count). The maximum atomic E-state index is 12.8. The van der Waals surface area contributed by atoms with Gasteiger partial charge < -0.3 is 14.2 Å². The number of carbonyl (C=O) groups excluding carboxylic acids is 3. The quantitative estimate of drug-likeness (QED) is 0.0262. The van der Waals surface area contributed by atoms with E-state index in [0.717, 1.165) is 173 Å². The summed E-state index contributed by atoms with van der Waals surface area (Å²) >= 11 is 0. The molecule has 0 radical (unpaired) electrons. The predicted octanol–water partition coefficient (Wildman–Crippen LogP) is 19.0. The minimum Gasteiger partial charge on any atom is -0.462 e. The molecule has 0 heterocycles. The molecule has 0 bridgehead atoms. The van der Waals surface area contributed by atoms with E-state index in [1.54, 1.807) is 0 Å². The molecule has 0 saturated carbocycles. The van der Waals surface area contributed by atoms with Crippen molar-refractivity contribution in [2.75, 3.05) is 13.2 Å². The molecule has 71 heavy (non-hydrogen) atoms. The van der Waals surface area contributed by atoms with Crippen molar-refractivity contribution in [3.8, 4) is 0 Å². The van der Waals surface area contributed by atoms with Gasteiger partial charge in [-0.25, -0.2) is 0 Å². The van der Waals surface area contributed by atoms with Gasteiger partial charge in [-0.2, -0.15) is 0 Å². The van der Waals surface area contributed by atoms with Crippen molar-refractivity contribution in [1.29, 1.82) is 0 Å². The summed E-state index contributed by atoms with van der Waals surface area (Å²) in [6.07, 6.45) is 83.8. The van der Waals surface area contributed by atoms with Crippen molar-refractivity contribution >= 4 is 17.9 Å². The number of hydrogen-bond acceptors (Lipinski definition) is 6. The van der Waals surface area contributed by atoms with Crippen LogP contribution >= 0.6 is 0 Å². The molecule has 0 amide bonds. The van der Waals surface area contributed by atoms with Gasteiger partial charge in [0.15, 0.2) is 6.10 Å². The second kappa shape index (κ2) is 57.6. The van der Waals surface area contributed by atoms with Crippen molar-refractivity contribution in [3.05, 3.63) is 158 Å². The first-order valence-electron chi connectivity index (χ1n) is 28.0. The molecule has 0 aromatic carbocycles. The van der Waals surface area contributed by atoms with Crippen molar-refractivity contribution in [2.24, 2.45) is 0 Å². The fourth-order valence-electron chi connectivity index (χ4n) is 6.92. The van der Waals surface area contributed by atoms with Gasteiger partial charge in [-0.3, -0.25) is 14.4 Å². The van der Waals surface area contributed by atoms with Crippen LogP contribution in [0.2, 0.25) is 0 Å². The highest BCUT2D eigenvalue weighted by Gasteiger charge is 2.19. The van der Waals surface area contributed by atoms with Crippen LogP contribution in [0, 0.1) is 0 Å². The summed E-state index contributed by atoms with van der Waals surface area (Å²) < 4.78 is 16.8. The number of hydrogen-bond donors (Lipinski definition) is 0. The highest BCUT2D eigenvalue weighted by Crippen LogP contribution is 2.12. The molecule has 0 fully saturated rings. The first-order chi connectivity index (χ1) is 35.0. The van der Waals surface area contributed by atoms with Crippen LogP contribution < -0.4 is 0 Å². The third-order valence-electron chi connectivity index (χ3n) is 11.0. The van der Waals surface area contributed by atoms with Crippen LogP contribution in [-0.2, 0) is 28.6 Å². The van der Waals surface area contributed by atoms with Gasteiger partial charge in [0.2, 0.25) is 0 Å². The summed E-state index contributed by atoms with van der Waals surface area (Å²) in [5.74, 6) is -1.01.